The summed E-state index contributed by atoms with van der Waals surface area (Å²) in [6, 6.07) is 9.19. The van der Waals surface area contributed by atoms with Crippen molar-refractivity contribution >= 4 is 41.4 Å². The maximum Gasteiger partial charge on any atom is 0.246 e. The average molecular weight is 721 g/mol. The summed E-state index contributed by atoms with van der Waals surface area (Å²) in [5.41, 5.74) is 6.79. The molecule has 2 aromatic rings. The molecule has 52 heavy (non-hydrogen) atoms. The van der Waals surface area contributed by atoms with Crippen LogP contribution in [0.5, 0.6) is 0 Å². The highest BCUT2D eigenvalue weighted by molar-refractivity contribution is 5.99. The Labute approximate surface area is 304 Å². The van der Waals surface area contributed by atoms with Crippen LogP contribution < -0.4 is 32.3 Å². The number of benzene rings is 2. The molecular weight excluding hydrogens is 670 g/mol. The van der Waals surface area contributed by atoms with Gasteiger partial charge in [-0.3, -0.25) is 33.6 Å². The highest BCUT2D eigenvalue weighted by atomic mass is 16.3. The van der Waals surface area contributed by atoms with Gasteiger partial charge in [-0.15, -0.1) is 0 Å². The number of nitrogens with zero attached hydrogens (tertiary/aromatic N) is 1. The number of aliphatic hydroxyl groups excluding tert-OH is 1. The van der Waals surface area contributed by atoms with Gasteiger partial charge in [0.15, 0.2) is 1.41 Å². The number of rotatable bonds is 9. The van der Waals surface area contributed by atoms with Crippen molar-refractivity contribution < 1.29 is 40.1 Å². The third kappa shape index (κ3) is 10.4. The first kappa shape index (κ1) is 37.9. The van der Waals surface area contributed by atoms with Crippen LogP contribution in [0.3, 0.4) is 0 Å². The topological polar surface area (TPSA) is 229 Å². The number of carbonyl (C=O) groups excluding carboxylic acids is 7. The van der Waals surface area contributed by atoms with E-state index in [4.69, 9.17) is 7.15 Å². The zero-order valence-corrected chi connectivity index (χ0v) is 29.6. The Kier molecular flexibility index (Phi) is 13.3. The number of amides is 7. The van der Waals surface area contributed by atoms with Gasteiger partial charge in [-0.25, -0.2) is 0 Å². The second kappa shape index (κ2) is 18.3. The highest BCUT2D eigenvalue weighted by Gasteiger charge is 2.41. The molecular formula is C37H49N7O8. The molecule has 280 valence electrons. The van der Waals surface area contributed by atoms with Crippen LogP contribution in [0.2, 0.25) is 1.41 Å². The number of nitrogens with two attached hydrogens (primary N) is 1. The van der Waals surface area contributed by atoms with E-state index >= 15 is 0 Å². The second-order valence-corrected chi connectivity index (χ2v) is 13.4. The van der Waals surface area contributed by atoms with Crippen molar-refractivity contribution in [2.24, 2.45) is 11.7 Å². The molecule has 0 aromatic heterocycles. The van der Waals surface area contributed by atoms with E-state index < -0.39 is 96.0 Å². The molecule has 2 fully saturated rings. The molecule has 0 aliphatic carbocycles. The van der Waals surface area contributed by atoms with E-state index in [-0.39, 0.29) is 31.1 Å². The fourth-order valence-electron chi connectivity index (χ4n) is 6.36. The summed E-state index contributed by atoms with van der Waals surface area (Å²) in [6.07, 6.45) is -1.31. The summed E-state index contributed by atoms with van der Waals surface area (Å²) in [6.45, 7) is 4.83. The Morgan fingerprint density at radius 2 is 1.33 bits per heavy atom. The van der Waals surface area contributed by atoms with Crippen LogP contribution in [0, 0.1) is 5.92 Å². The molecule has 8 atom stereocenters. The molecule has 0 unspecified atom stereocenters. The molecule has 0 saturated carbocycles. The van der Waals surface area contributed by atoms with E-state index in [0.717, 1.165) is 0 Å². The van der Waals surface area contributed by atoms with Crippen LogP contribution in [0.25, 0.3) is 0 Å². The molecule has 0 radical (unpaired) electrons. The lowest BCUT2D eigenvalue weighted by molar-refractivity contribution is -0.143. The number of hydrogen-bond acceptors (Lipinski definition) is 8. The van der Waals surface area contributed by atoms with E-state index in [1.54, 1.807) is 74.5 Å². The largest absolute Gasteiger partial charge is 0.391 e. The monoisotopic (exact) mass is 720 g/mol. The van der Waals surface area contributed by atoms with Gasteiger partial charge in [0, 0.05) is 19.4 Å². The highest BCUT2D eigenvalue weighted by Crippen LogP contribution is 2.21. The van der Waals surface area contributed by atoms with Crippen molar-refractivity contribution in [3.8, 4) is 0 Å². The van der Waals surface area contributed by atoms with Crippen LogP contribution in [0.15, 0.2) is 60.7 Å². The van der Waals surface area contributed by atoms with Gasteiger partial charge in [0.25, 0.3) is 0 Å². The van der Waals surface area contributed by atoms with Gasteiger partial charge in [0.05, 0.1) is 12.5 Å². The quantitative estimate of drug-likeness (QED) is 0.173. The normalized spacial score (nSPS) is 26.8. The number of aliphatic hydroxyl groups is 1. The lowest BCUT2D eigenvalue weighted by Crippen LogP contribution is -2.63. The lowest BCUT2D eigenvalue weighted by Gasteiger charge is -2.32. The van der Waals surface area contributed by atoms with Gasteiger partial charge < -0.3 is 42.3 Å². The Bertz CT molecular complexity index is 1650. The van der Waals surface area contributed by atoms with E-state index in [1.807, 2.05) is 0 Å². The molecule has 15 heteroatoms. The van der Waals surface area contributed by atoms with Crippen molar-refractivity contribution in [1.82, 2.24) is 31.5 Å². The summed E-state index contributed by atoms with van der Waals surface area (Å²) in [7, 11) is 0. The first-order valence-electron chi connectivity index (χ1n) is 18.0. The maximum absolute atomic E-state index is 14.3. The van der Waals surface area contributed by atoms with Crippen LogP contribution in [0.1, 0.15) is 57.6 Å². The smallest absolute Gasteiger partial charge is 0.246 e. The fraction of sp³-hybridized carbons (Fsp3) is 0.486. The van der Waals surface area contributed by atoms with Crippen LogP contribution in [-0.4, -0.2) is 100 Å². The molecule has 0 bridgehead atoms. The second-order valence-electron chi connectivity index (χ2n) is 13.4. The molecule has 2 heterocycles. The minimum absolute atomic E-state index is 0.0461. The number of nitrogens with one attached hydrogen (secondary N) is 5. The number of fused-ring (bicyclic) bond motifs is 1. The van der Waals surface area contributed by atoms with Gasteiger partial charge in [-0.1, -0.05) is 80.9 Å². The third-order valence-corrected chi connectivity index (χ3v) is 9.47. The Morgan fingerprint density at radius 1 is 0.788 bits per heavy atom. The van der Waals surface area contributed by atoms with Crippen LogP contribution in [0.4, 0.5) is 0 Å². The van der Waals surface area contributed by atoms with Crippen molar-refractivity contribution in [1.29, 1.82) is 0 Å². The molecule has 15 nitrogen and oxygen atoms in total. The molecule has 7 amide bonds. The summed E-state index contributed by atoms with van der Waals surface area (Å²) < 4.78 is 8.67. The lowest BCUT2D eigenvalue weighted by atomic mass is 9.96. The zero-order valence-electron chi connectivity index (χ0n) is 30.6. The molecule has 8 N–H and O–H groups in total. The predicted octanol–water partition coefficient (Wildman–Crippen LogP) is -0.797. The van der Waals surface area contributed by atoms with E-state index in [9.17, 15) is 38.7 Å². The predicted molar refractivity (Wildman–Crippen MR) is 190 cm³/mol. The average Bonchev–Trinajstić information content (AvgIpc) is 3.64. The molecule has 2 aliphatic heterocycles. The van der Waals surface area contributed by atoms with Gasteiger partial charge in [-0.05, 0) is 36.8 Å². The summed E-state index contributed by atoms with van der Waals surface area (Å²) in [4.78, 5) is 97.3. The standard InChI is InChI=1S/C37H49N7O8/c1-4-21(2)30-35(50)43-31(22(3)45)36(51)40-26(20-29(38)46)32(47)41-27(19-24-14-9-6-10-15-24)37(52)44-17-11-16-28(44)34(49)39-25(33(48)42-30)18-23-12-7-5-8-13-23/h5-10,12-15,21-22,25-28,30-31,45H,4,11,16-20H2,1-3H3,(H2,38,46)(H,39,49)(H,40,51)(H,41,47)(H,42,48)(H,43,50)/t21-,22+,25+,26-,27-,28-,30-,31-/m0/s1/i/hD. The van der Waals surface area contributed by atoms with Crippen molar-refractivity contribution in [3.63, 3.8) is 0 Å². The number of primary amides is 1. The fourth-order valence-corrected chi connectivity index (χ4v) is 6.36. The Hall–Kier alpha value is -5.31. The molecule has 2 aromatic carbocycles. The van der Waals surface area contributed by atoms with Crippen molar-refractivity contribution in [2.45, 2.75) is 102 Å². The minimum Gasteiger partial charge on any atom is -0.391 e. The van der Waals surface area contributed by atoms with Gasteiger partial charge in [0.1, 0.15) is 36.3 Å². The third-order valence-electron chi connectivity index (χ3n) is 9.47. The van der Waals surface area contributed by atoms with Gasteiger partial charge in [-0.2, -0.15) is 0 Å². The van der Waals surface area contributed by atoms with E-state index in [0.29, 0.717) is 24.0 Å². The Morgan fingerprint density at radius 3 is 1.88 bits per heavy atom. The SMILES string of the molecule is [2H]N1C(=O)[C@H]([C@@H](C)O)NC(=O)[C@H]([C@@H](C)CC)NC(=O)[C@@H](Cc2ccccc2)NC(=O)[C@@H]2CCCN2C(=O)[C@H](Cc2ccccc2)NC(=O)[C@@H]1CC(N)=O. The summed E-state index contributed by atoms with van der Waals surface area (Å²) >= 11 is 0. The van der Waals surface area contributed by atoms with Crippen LogP contribution >= 0.6 is 0 Å². The van der Waals surface area contributed by atoms with Crippen molar-refractivity contribution in [3.05, 3.63) is 71.8 Å². The van der Waals surface area contributed by atoms with Crippen molar-refractivity contribution in [2.75, 3.05) is 6.54 Å². The number of hydrogen-bond donors (Lipinski definition) is 7. The van der Waals surface area contributed by atoms with Gasteiger partial charge >= 0.3 is 0 Å². The minimum atomic E-state index is -1.87. The first-order chi connectivity index (χ1) is 25.2. The molecule has 0 spiro atoms. The van der Waals surface area contributed by atoms with Gasteiger partial charge in [0.2, 0.25) is 41.4 Å². The Balaban J connectivity index is 1.81. The first-order valence-corrected chi connectivity index (χ1v) is 17.6. The van der Waals surface area contributed by atoms with Crippen LogP contribution in [-0.2, 0) is 46.4 Å². The molecule has 4 rings (SSSR count). The maximum atomic E-state index is 14.3. The summed E-state index contributed by atoms with van der Waals surface area (Å²) in [5.74, 6) is -6.65. The van der Waals surface area contributed by atoms with E-state index in [1.165, 1.54) is 11.8 Å². The zero-order chi connectivity index (χ0) is 38.8. The number of carbonyl (C=O) groups is 7. The molecule has 2 saturated heterocycles. The molecule has 2 aliphatic rings. The van der Waals surface area contributed by atoms with E-state index in [2.05, 4.69) is 21.3 Å². The summed E-state index contributed by atoms with van der Waals surface area (Å²) in [5, 5.41) is 21.3.